The van der Waals surface area contributed by atoms with Crippen LogP contribution in [0.4, 0.5) is 14.5 Å². The molecule has 1 aromatic heterocycles. The number of aromatic hydroxyl groups is 1. The van der Waals surface area contributed by atoms with Crippen molar-refractivity contribution in [3.63, 3.8) is 0 Å². The number of carbonyl (C=O) groups is 1. The number of phenolic OH excluding ortho intramolecular Hbond substituents is 1. The van der Waals surface area contributed by atoms with E-state index in [1.807, 2.05) is 35.0 Å². The van der Waals surface area contributed by atoms with Crippen LogP contribution in [0.3, 0.4) is 0 Å². The molecule has 4 rings (SSSR count). The monoisotopic (exact) mass is 420 g/mol. The number of nitrogen functional groups attached to an aromatic ring is 1. The van der Waals surface area contributed by atoms with Crippen LogP contribution in [0.15, 0.2) is 72.0 Å². The fourth-order valence-corrected chi connectivity index (χ4v) is 3.25. The summed E-state index contributed by atoms with van der Waals surface area (Å²) < 4.78 is 29.0. The number of hydrogen-bond acceptors (Lipinski definition) is 4. The highest BCUT2D eigenvalue weighted by Crippen LogP contribution is 2.22. The lowest BCUT2D eigenvalue weighted by atomic mass is 10.1. The molecule has 0 aliphatic heterocycles. The minimum atomic E-state index is -0.617. The van der Waals surface area contributed by atoms with Crippen LogP contribution < -0.4 is 11.2 Å². The van der Waals surface area contributed by atoms with Crippen molar-refractivity contribution >= 4 is 28.7 Å². The third kappa shape index (κ3) is 4.23. The van der Waals surface area contributed by atoms with Crippen LogP contribution in [0.2, 0.25) is 0 Å². The number of hydrogen-bond donors (Lipinski definition) is 3. The van der Waals surface area contributed by atoms with Crippen molar-refractivity contribution in [2.75, 3.05) is 5.73 Å². The van der Waals surface area contributed by atoms with Crippen molar-refractivity contribution in [1.29, 1.82) is 0 Å². The van der Waals surface area contributed by atoms with Gasteiger partial charge in [0.25, 0.3) is 5.91 Å². The number of nitrogens with two attached hydrogens (primary N) is 1. The maximum Gasteiger partial charge on any atom is 0.271 e. The van der Waals surface area contributed by atoms with Gasteiger partial charge in [-0.3, -0.25) is 4.79 Å². The molecule has 0 saturated heterocycles. The van der Waals surface area contributed by atoms with Gasteiger partial charge in [0.2, 0.25) is 0 Å². The Balaban J connectivity index is 1.53. The Bertz CT molecular complexity index is 1310. The van der Waals surface area contributed by atoms with Gasteiger partial charge in [0.1, 0.15) is 17.4 Å². The van der Waals surface area contributed by atoms with E-state index in [0.29, 0.717) is 5.56 Å². The Morgan fingerprint density at radius 2 is 1.97 bits per heavy atom. The van der Waals surface area contributed by atoms with Gasteiger partial charge in [0, 0.05) is 39.9 Å². The fourth-order valence-electron chi connectivity index (χ4n) is 3.25. The number of nitrogens with zero attached hydrogens (tertiary/aromatic N) is 2. The first-order valence-electron chi connectivity index (χ1n) is 9.36. The van der Waals surface area contributed by atoms with E-state index in [2.05, 4.69) is 10.5 Å². The van der Waals surface area contributed by atoms with Gasteiger partial charge in [-0.1, -0.05) is 18.2 Å². The third-order valence-electron chi connectivity index (χ3n) is 4.86. The summed E-state index contributed by atoms with van der Waals surface area (Å²) in [6.07, 6.45) is 3.31. The first-order chi connectivity index (χ1) is 14.9. The second-order valence-corrected chi connectivity index (χ2v) is 6.93. The van der Waals surface area contributed by atoms with Gasteiger partial charge in [0.15, 0.2) is 0 Å². The third-order valence-corrected chi connectivity index (χ3v) is 4.86. The Morgan fingerprint density at radius 1 is 1.13 bits per heavy atom. The second kappa shape index (κ2) is 8.27. The minimum absolute atomic E-state index is 0.0975. The van der Waals surface area contributed by atoms with Crippen LogP contribution >= 0.6 is 0 Å². The molecule has 4 aromatic rings. The number of amides is 1. The molecule has 1 heterocycles. The largest absolute Gasteiger partial charge is 0.506 e. The molecule has 31 heavy (non-hydrogen) atoms. The summed E-state index contributed by atoms with van der Waals surface area (Å²) in [5.41, 5.74) is 10.3. The van der Waals surface area contributed by atoms with Crippen LogP contribution in [-0.2, 0) is 6.54 Å². The molecule has 1 amide bonds. The van der Waals surface area contributed by atoms with E-state index >= 15 is 0 Å². The lowest BCUT2D eigenvalue weighted by molar-refractivity contribution is 0.0955. The number of rotatable bonds is 5. The van der Waals surface area contributed by atoms with Crippen molar-refractivity contribution in [3.8, 4) is 5.75 Å². The second-order valence-electron chi connectivity index (χ2n) is 6.93. The average molecular weight is 420 g/mol. The number of benzene rings is 3. The Labute approximate surface area is 176 Å². The Morgan fingerprint density at radius 3 is 2.74 bits per heavy atom. The van der Waals surface area contributed by atoms with Crippen molar-refractivity contribution in [1.82, 2.24) is 9.99 Å². The average Bonchev–Trinajstić information content (AvgIpc) is 3.16. The van der Waals surface area contributed by atoms with E-state index in [1.54, 1.807) is 0 Å². The number of carbonyl (C=O) groups excluding carboxylic acids is 1. The summed E-state index contributed by atoms with van der Waals surface area (Å²) in [6.45, 7) is 0.245. The summed E-state index contributed by atoms with van der Waals surface area (Å²) in [6, 6.07) is 15.0. The standard InChI is InChI=1S/C23H18F2N4O2/c24-17-6-4-16(19(25)11-17)13-29-9-8-18-15(2-1-3-21(18)29)12-27-28-23(31)14-5-7-22(30)20(26)10-14/h1-12,30H,13,26H2,(H,28,31)/b27-12+. The van der Waals surface area contributed by atoms with Gasteiger partial charge in [-0.2, -0.15) is 5.10 Å². The first-order valence-corrected chi connectivity index (χ1v) is 9.36. The fraction of sp³-hybridized carbons (Fsp3) is 0.0435. The summed E-state index contributed by atoms with van der Waals surface area (Å²) in [4.78, 5) is 12.2. The van der Waals surface area contributed by atoms with Gasteiger partial charge in [-0.05, 0) is 36.4 Å². The van der Waals surface area contributed by atoms with E-state index in [-0.39, 0.29) is 23.5 Å². The van der Waals surface area contributed by atoms with E-state index in [1.165, 1.54) is 36.5 Å². The molecule has 0 atom stereocenters. The molecule has 0 bridgehead atoms. The molecule has 0 fully saturated rings. The van der Waals surface area contributed by atoms with E-state index in [9.17, 15) is 18.7 Å². The van der Waals surface area contributed by atoms with Gasteiger partial charge in [0.05, 0.1) is 18.4 Å². The van der Waals surface area contributed by atoms with Gasteiger partial charge < -0.3 is 15.4 Å². The van der Waals surface area contributed by atoms with Crippen molar-refractivity contribution in [3.05, 3.63) is 95.2 Å². The van der Waals surface area contributed by atoms with Gasteiger partial charge in [-0.15, -0.1) is 0 Å². The van der Waals surface area contributed by atoms with Crippen molar-refractivity contribution < 1.29 is 18.7 Å². The smallest absolute Gasteiger partial charge is 0.271 e. The lowest BCUT2D eigenvalue weighted by Gasteiger charge is -2.07. The Hall–Kier alpha value is -4.20. The van der Waals surface area contributed by atoms with Crippen LogP contribution in [0, 0.1) is 11.6 Å². The SMILES string of the molecule is Nc1cc(C(=O)N/N=C/c2cccc3c2ccn3Cc2ccc(F)cc2F)ccc1O. The quantitative estimate of drug-likeness (QED) is 0.197. The highest BCUT2D eigenvalue weighted by molar-refractivity contribution is 6.00. The summed E-state index contributed by atoms with van der Waals surface area (Å²) in [5.74, 6) is -1.79. The lowest BCUT2D eigenvalue weighted by Crippen LogP contribution is -2.17. The van der Waals surface area contributed by atoms with Gasteiger partial charge in [-0.25, -0.2) is 14.2 Å². The number of nitrogens with one attached hydrogen (secondary N) is 1. The number of halogens is 2. The molecule has 0 radical (unpaired) electrons. The molecule has 6 nitrogen and oxygen atoms in total. The number of phenols is 1. The Kier molecular flexibility index (Phi) is 5.36. The highest BCUT2D eigenvalue weighted by atomic mass is 19.1. The van der Waals surface area contributed by atoms with Crippen molar-refractivity contribution in [2.24, 2.45) is 5.10 Å². The van der Waals surface area contributed by atoms with Crippen LogP contribution in [0.5, 0.6) is 5.75 Å². The van der Waals surface area contributed by atoms with E-state index in [0.717, 1.165) is 22.5 Å². The zero-order valence-corrected chi connectivity index (χ0v) is 16.2. The molecule has 0 unspecified atom stereocenters. The predicted octanol–water partition coefficient (Wildman–Crippen LogP) is 4.02. The maximum atomic E-state index is 14.0. The van der Waals surface area contributed by atoms with Crippen LogP contribution in [0.25, 0.3) is 10.9 Å². The molecule has 0 aliphatic rings. The van der Waals surface area contributed by atoms with Gasteiger partial charge >= 0.3 is 0 Å². The zero-order valence-electron chi connectivity index (χ0n) is 16.2. The first kappa shape index (κ1) is 20.1. The topological polar surface area (TPSA) is 92.6 Å². The van der Waals surface area contributed by atoms with E-state index < -0.39 is 17.5 Å². The van der Waals surface area contributed by atoms with Crippen molar-refractivity contribution in [2.45, 2.75) is 6.54 Å². The minimum Gasteiger partial charge on any atom is -0.506 e. The van der Waals surface area contributed by atoms with E-state index in [4.69, 9.17) is 5.73 Å². The highest BCUT2D eigenvalue weighted by Gasteiger charge is 2.09. The summed E-state index contributed by atoms with van der Waals surface area (Å²) in [7, 11) is 0. The zero-order chi connectivity index (χ0) is 22.0. The summed E-state index contributed by atoms with van der Waals surface area (Å²) >= 11 is 0. The molecule has 4 N–H and O–H groups in total. The number of hydrazone groups is 1. The summed E-state index contributed by atoms with van der Waals surface area (Å²) in [5, 5.41) is 14.3. The number of anilines is 1. The molecule has 3 aromatic carbocycles. The van der Waals surface area contributed by atoms with Crippen LogP contribution in [0.1, 0.15) is 21.5 Å². The predicted molar refractivity (Wildman–Crippen MR) is 115 cm³/mol. The number of aromatic nitrogens is 1. The normalized spacial score (nSPS) is 11.3. The maximum absolute atomic E-state index is 14.0. The van der Waals surface area contributed by atoms with Crippen LogP contribution in [-0.4, -0.2) is 21.8 Å². The molecule has 0 spiro atoms. The molecule has 8 heteroatoms. The molecule has 0 aliphatic carbocycles. The molecular formula is C23H18F2N4O2. The molecule has 156 valence electrons. The molecular weight excluding hydrogens is 402 g/mol. The number of fused-ring (bicyclic) bond motifs is 1. The molecule has 0 saturated carbocycles.